The molecule has 19 heavy (non-hydrogen) atoms. The normalized spacial score (nSPS) is 12.4. The van der Waals surface area contributed by atoms with Gasteiger partial charge in [0, 0.05) is 15.1 Å². The Morgan fingerprint density at radius 1 is 1.26 bits per heavy atom. The van der Waals surface area contributed by atoms with Crippen molar-refractivity contribution in [2.75, 3.05) is 0 Å². The van der Waals surface area contributed by atoms with Crippen molar-refractivity contribution in [3.63, 3.8) is 0 Å². The van der Waals surface area contributed by atoms with Gasteiger partial charge in [0.05, 0.1) is 6.10 Å². The zero-order valence-electron chi connectivity index (χ0n) is 10.4. The van der Waals surface area contributed by atoms with E-state index in [9.17, 15) is 9.50 Å². The fourth-order valence-electron chi connectivity index (χ4n) is 1.73. The Kier molecular flexibility index (Phi) is 5.02. The van der Waals surface area contributed by atoms with E-state index in [1.807, 2.05) is 30.3 Å². The molecule has 1 N–H and O–H groups in total. The minimum atomic E-state index is -0.469. The maximum Gasteiger partial charge on any atom is 0.124 e. The lowest BCUT2D eigenvalue weighted by Gasteiger charge is -2.07. The van der Waals surface area contributed by atoms with E-state index in [1.165, 1.54) is 12.1 Å². The molecule has 1 unspecified atom stereocenters. The topological polar surface area (TPSA) is 20.2 Å². The van der Waals surface area contributed by atoms with Crippen molar-refractivity contribution in [2.45, 2.75) is 23.7 Å². The highest BCUT2D eigenvalue weighted by Gasteiger charge is 2.04. The molecular formula is C15H14BrFOS. The van der Waals surface area contributed by atoms with Crippen LogP contribution in [0.4, 0.5) is 4.39 Å². The van der Waals surface area contributed by atoms with Crippen LogP contribution in [-0.2, 0) is 5.75 Å². The molecule has 0 radical (unpaired) electrons. The number of hydrogen-bond acceptors (Lipinski definition) is 2. The monoisotopic (exact) mass is 340 g/mol. The highest BCUT2D eigenvalue weighted by Crippen LogP contribution is 2.27. The fraction of sp³-hybridized carbons (Fsp3) is 0.200. The molecule has 0 aliphatic rings. The van der Waals surface area contributed by atoms with Crippen LogP contribution in [0.25, 0.3) is 0 Å². The molecule has 0 amide bonds. The summed E-state index contributed by atoms with van der Waals surface area (Å²) in [4.78, 5) is 1.07. The van der Waals surface area contributed by atoms with Crippen molar-refractivity contribution >= 4 is 27.7 Å². The molecular weight excluding hydrogens is 327 g/mol. The van der Waals surface area contributed by atoms with Crippen LogP contribution in [0.15, 0.2) is 51.8 Å². The van der Waals surface area contributed by atoms with Gasteiger partial charge in [-0.2, -0.15) is 0 Å². The van der Waals surface area contributed by atoms with Crippen molar-refractivity contribution < 1.29 is 9.50 Å². The van der Waals surface area contributed by atoms with Crippen LogP contribution in [0.5, 0.6) is 0 Å². The predicted octanol–water partition coefficient (Wildman–Crippen LogP) is 4.93. The standard InChI is InChI=1S/C15H14BrFOS/c1-10(18)12-3-2-4-15(7-12)19-9-11-5-13(16)8-14(17)6-11/h2-8,10,18H,9H2,1H3. The summed E-state index contributed by atoms with van der Waals surface area (Å²) in [5.41, 5.74) is 1.82. The third kappa shape index (κ3) is 4.34. The third-order valence-corrected chi connectivity index (χ3v) is 4.19. The third-order valence-electron chi connectivity index (χ3n) is 2.67. The summed E-state index contributed by atoms with van der Waals surface area (Å²) in [6.07, 6.45) is -0.469. The number of hydrogen-bond donors (Lipinski definition) is 1. The van der Waals surface area contributed by atoms with E-state index in [-0.39, 0.29) is 5.82 Å². The van der Waals surface area contributed by atoms with E-state index in [2.05, 4.69) is 15.9 Å². The zero-order valence-corrected chi connectivity index (χ0v) is 12.8. The minimum absolute atomic E-state index is 0.234. The first-order valence-electron chi connectivity index (χ1n) is 5.90. The lowest BCUT2D eigenvalue weighted by molar-refractivity contribution is 0.199. The second-order valence-corrected chi connectivity index (χ2v) is 6.28. The Balaban J connectivity index is 2.07. The van der Waals surface area contributed by atoms with Crippen molar-refractivity contribution in [2.24, 2.45) is 0 Å². The number of halogens is 2. The van der Waals surface area contributed by atoms with Crippen LogP contribution in [0.1, 0.15) is 24.2 Å². The number of benzene rings is 2. The molecule has 2 aromatic carbocycles. The Hall–Kier alpha value is -0.840. The van der Waals surface area contributed by atoms with Gasteiger partial charge in [0.1, 0.15) is 5.82 Å². The summed E-state index contributed by atoms with van der Waals surface area (Å²) < 4.78 is 14.0. The average Bonchev–Trinajstić information content (AvgIpc) is 2.35. The largest absolute Gasteiger partial charge is 0.389 e. The highest BCUT2D eigenvalue weighted by atomic mass is 79.9. The summed E-state index contributed by atoms with van der Waals surface area (Å²) in [6, 6.07) is 12.7. The molecule has 2 rings (SSSR count). The van der Waals surface area contributed by atoms with Crippen molar-refractivity contribution in [3.8, 4) is 0 Å². The van der Waals surface area contributed by atoms with Crippen LogP contribution in [0, 0.1) is 5.82 Å². The summed E-state index contributed by atoms with van der Waals surface area (Å²) in [6.45, 7) is 1.74. The van der Waals surface area contributed by atoms with Crippen LogP contribution in [0.2, 0.25) is 0 Å². The SMILES string of the molecule is CC(O)c1cccc(SCc2cc(F)cc(Br)c2)c1. The van der Waals surface area contributed by atoms with Gasteiger partial charge in [-0.3, -0.25) is 0 Å². The van der Waals surface area contributed by atoms with Crippen molar-refractivity contribution in [1.29, 1.82) is 0 Å². The molecule has 2 aromatic rings. The maximum atomic E-state index is 13.3. The Morgan fingerprint density at radius 2 is 2.05 bits per heavy atom. The lowest BCUT2D eigenvalue weighted by atomic mass is 10.1. The molecule has 1 nitrogen and oxygen atoms in total. The second kappa shape index (κ2) is 6.55. The second-order valence-electron chi connectivity index (χ2n) is 4.31. The molecule has 4 heteroatoms. The molecule has 0 saturated carbocycles. The quantitative estimate of drug-likeness (QED) is 0.796. The molecule has 1 atom stereocenters. The minimum Gasteiger partial charge on any atom is -0.389 e. The van der Waals surface area contributed by atoms with Crippen LogP contribution in [0.3, 0.4) is 0 Å². The zero-order chi connectivity index (χ0) is 13.8. The van der Waals surface area contributed by atoms with Gasteiger partial charge in [0.25, 0.3) is 0 Å². The fourth-order valence-corrected chi connectivity index (χ4v) is 3.13. The van der Waals surface area contributed by atoms with Crippen LogP contribution < -0.4 is 0 Å². The Labute approximate surface area is 125 Å². The van der Waals surface area contributed by atoms with Gasteiger partial charge in [-0.1, -0.05) is 28.1 Å². The van der Waals surface area contributed by atoms with E-state index in [1.54, 1.807) is 18.7 Å². The highest BCUT2D eigenvalue weighted by molar-refractivity contribution is 9.10. The molecule has 0 bridgehead atoms. The van der Waals surface area contributed by atoms with Gasteiger partial charge >= 0.3 is 0 Å². The Morgan fingerprint density at radius 3 is 2.74 bits per heavy atom. The summed E-state index contributed by atoms with van der Waals surface area (Å²) >= 11 is 4.91. The molecule has 100 valence electrons. The van der Waals surface area contributed by atoms with E-state index in [0.717, 1.165) is 20.5 Å². The van der Waals surface area contributed by atoms with Gasteiger partial charge in [-0.15, -0.1) is 11.8 Å². The molecule has 0 heterocycles. The molecule has 0 spiro atoms. The van der Waals surface area contributed by atoms with Gasteiger partial charge in [0.2, 0.25) is 0 Å². The lowest BCUT2D eigenvalue weighted by Crippen LogP contribution is -1.90. The van der Waals surface area contributed by atoms with Crippen molar-refractivity contribution in [3.05, 3.63) is 63.9 Å². The van der Waals surface area contributed by atoms with E-state index in [4.69, 9.17) is 0 Å². The van der Waals surface area contributed by atoms with Gasteiger partial charge in [-0.05, 0) is 48.4 Å². The maximum absolute atomic E-state index is 13.3. The summed E-state index contributed by atoms with van der Waals surface area (Å²) in [5, 5.41) is 9.54. The van der Waals surface area contributed by atoms with Crippen LogP contribution in [-0.4, -0.2) is 5.11 Å². The molecule has 0 aliphatic heterocycles. The van der Waals surface area contributed by atoms with E-state index >= 15 is 0 Å². The van der Waals surface area contributed by atoms with Gasteiger partial charge in [0.15, 0.2) is 0 Å². The average molecular weight is 341 g/mol. The summed E-state index contributed by atoms with van der Waals surface area (Å²) in [5.74, 6) is 0.460. The number of rotatable bonds is 4. The molecule has 0 aromatic heterocycles. The Bertz CT molecular complexity index is 552. The molecule has 0 aliphatic carbocycles. The first-order valence-corrected chi connectivity index (χ1v) is 7.68. The number of aliphatic hydroxyl groups excluding tert-OH is 1. The number of aliphatic hydroxyl groups is 1. The molecule has 0 saturated heterocycles. The molecule has 0 fully saturated rings. The smallest absolute Gasteiger partial charge is 0.124 e. The van der Waals surface area contributed by atoms with Crippen LogP contribution >= 0.6 is 27.7 Å². The van der Waals surface area contributed by atoms with E-state index < -0.39 is 6.10 Å². The predicted molar refractivity (Wildman–Crippen MR) is 80.7 cm³/mol. The van der Waals surface area contributed by atoms with Crippen molar-refractivity contribution in [1.82, 2.24) is 0 Å². The first-order chi connectivity index (χ1) is 9.04. The first kappa shape index (κ1) is 14.6. The van der Waals surface area contributed by atoms with Gasteiger partial charge < -0.3 is 5.11 Å². The van der Waals surface area contributed by atoms with E-state index in [0.29, 0.717) is 5.75 Å². The van der Waals surface area contributed by atoms with Gasteiger partial charge in [-0.25, -0.2) is 4.39 Å². The number of thioether (sulfide) groups is 1. The summed E-state index contributed by atoms with van der Waals surface area (Å²) in [7, 11) is 0.